The molecule has 158 valence electrons. The van der Waals surface area contributed by atoms with E-state index in [1.807, 2.05) is 41.9 Å². The number of aromatic nitrogens is 2. The highest BCUT2D eigenvalue weighted by atomic mass is 35.5. The quantitative estimate of drug-likeness (QED) is 0.655. The number of nitrogens with zero attached hydrogens (tertiary/aromatic N) is 3. The van der Waals surface area contributed by atoms with Crippen LogP contribution >= 0.6 is 22.9 Å². The molecule has 9 heteroatoms. The monoisotopic (exact) mass is 446 g/mol. The van der Waals surface area contributed by atoms with E-state index in [0.717, 1.165) is 34.3 Å². The number of amides is 2. The summed E-state index contributed by atoms with van der Waals surface area (Å²) >= 11 is 7.42. The first-order chi connectivity index (χ1) is 14.4. The molecule has 0 saturated carbocycles. The van der Waals surface area contributed by atoms with Gasteiger partial charge in [0.05, 0.1) is 24.2 Å². The average molecular weight is 447 g/mol. The highest BCUT2D eigenvalue weighted by Crippen LogP contribution is 2.29. The van der Waals surface area contributed by atoms with Crippen LogP contribution in [-0.4, -0.2) is 52.9 Å². The predicted molar refractivity (Wildman–Crippen MR) is 117 cm³/mol. The third-order valence-electron chi connectivity index (χ3n) is 5.34. The van der Waals surface area contributed by atoms with Gasteiger partial charge in [0.2, 0.25) is 0 Å². The van der Waals surface area contributed by atoms with E-state index >= 15 is 0 Å². The van der Waals surface area contributed by atoms with Crippen LogP contribution in [0.3, 0.4) is 0 Å². The van der Waals surface area contributed by atoms with Crippen LogP contribution in [0.5, 0.6) is 0 Å². The molecule has 3 aromatic rings. The number of thiophene rings is 1. The van der Waals surface area contributed by atoms with E-state index in [0.29, 0.717) is 29.5 Å². The molecule has 1 aliphatic heterocycles. The van der Waals surface area contributed by atoms with Crippen LogP contribution in [-0.2, 0) is 11.3 Å². The number of likely N-dealkylation sites (tertiary alicyclic amines) is 1. The van der Waals surface area contributed by atoms with Gasteiger partial charge in [-0.1, -0.05) is 23.7 Å². The van der Waals surface area contributed by atoms with Gasteiger partial charge >= 0.3 is 6.09 Å². The van der Waals surface area contributed by atoms with Crippen molar-refractivity contribution in [1.82, 2.24) is 20.0 Å². The summed E-state index contributed by atoms with van der Waals surface area (Å²) in [6.45, 7) is 3.74. The summed E-state index contributed by atoms with van der Waals surface area (Å²) in [5.74, 6) is -0.0786. The zero-order valence-electron chi connectivity index (χ0n) is 16.9. The number of piperidine rings is 1. The molecule has 0 atom stereocenters. The van der Waals surface area contributed by atoms with E-state index in [1.165, 1.54) is 18.4 Å². The normalized spacial score (nSPS) is 14.8. The number of carbonyl (C=O) groups is 2. The van der Waals surface area contributed by atoms with Crippen molar-refractivity contribution in [3.8, 4) is 0 Å². The minimum atomic E-state index is -0.315. The van der Waals surface area contributed by atoms with Crippen molar-refractivity contribution in [2.75, 3.05) is 20.2 Å². The van der Waals surface area contributed by atoms with Crippen LogP contribution in [0.15, 0.2) is 30.3 Å². The Labute approximate surface area is 183 Å². The van der Waals surface area contributed by atoms with E-state index in [2.05, 4.69) is 10.4 Å². The Kier molecular flexibility index (Phi) is 5.97. The van der Waals surface area contributed by atoms with Gasteiger partial charge in [-0.15, -0.1) is 11.3 Å². The molecule has 4 rings (SSSR count). The second-order valence-electron chi connectivity index (χ2n) is 7.40. The Morgan fingerprint density at radius 3 is 2.63 bits per heavy atom. The molecule has 0 aliphatic carbocycles. The van der Waals surface area contributed by atoms with Crippen LogP contribution in [0.25, 0.3) is 10.2 Å². The molecule has 1 N–H and O–H groups in total. The van der Waals surface area contributed by atoms with E-state index in [-0.39, 0.29) is 18.0 Å². The lowest BCUT2D eigenvalue weighted by atomic mass is 10.1. The lowest BCUT2D eigenvalue weighted by Gasteiger charge is -2.31. The first-order valence-electron chi connectivity index (χ1n) is 9.79. The number of hydrogen-bond donors (Lipinski definition) is 1. The molecule has 1 aromatic carbocycles. The molecular weight excluding hydrogens is 424 g/mol. The smallest absolute Gasteiger partial charge is 0.409 e. The molecule has 0 bridgehead atoms. The molecule has 1 aliphatic rings. The van der Waals surface area contributed by atoms with Gasteiger partial charge < -0.3 is 15.0 Å². The van der Waals surface area contributed by atoms with E-state index < -0.39 is 0 Å². The maximum absolute atomic E-state index is 12.8. The van der Waals surface area contributed by atoms with Gasteiger partial charge in [-0.2, -0.15) is 5.10 Å². The molecule has 7 nitrogen and oxygen atoms in total. The van der Waals surface area contributed by atoms with Crippen molar-refractivity contribution >= 4 is 45.2 Å². The Hall–Kier alpha value is -2.58. The number of carbonyl (C=O) groups excluding carboxylic acids is 2. The lowest BCUT2D eigenvalue weighted by Crippen LogP contribution is -2.46. The number of halogens is 1. The summed E-state index contributed by atoms with van der Waals surface area (Å²) < 4.78 is 6.69. The Morgan fingerprint density at radius 2 is 1.97 bits per heavy atom. The minimum absolute atomic E-state index is 0.0512. The van der Waals surface area contributed by atoms with Gasteiger partial charge in [-0.3, -0.25) is 9.48 Å². The van der Waals surface area contributed by atoms with Crippen molar-refractivity contribution in [3.05, 3.63) is 51.5 Å². The van der Waals surface area contributed by atoms with Crippen LogP contribution in [0.4, 0.5) is 4.79 Å². The maximum atomic E-state index is 12.8. The molecule has 1 fully saturated rings. The van der Waals surface area contributed by atoms with Gasteiger partial charge in [-0.05, 0) is 43.5 Å². The summed E-state index contributed by atoms with van der Waals surface area (Å²) in [5.41, 5.74) is 2.00. The first-order valence-corrected chi connectivity index (χ1v) is 11.0. The molecular formula is C21H23ClN4O3S. The minimum Gasteiger partial charge on any atom is -0.453 e. The van der Waals surface area contributed by atoms with Gasteiger partial charge in [0.1, 0.15) is 4.83 Å². The number of hydrogen-bond acceptors (Lipinski definition) is 5. The average Bonchev–Trinajstić information content (AvgIpc) is 3.31. The summed E-state index contributed by atoms with van der Waals surface area (Å²) in [6, 6.07) is 9.65. The number of benzene rings is 1. The number of fused-ring (bicyclic) bond motifs is 1. The van der Waals surface area contributed by atoms with Crippen molar-refractivity contribution in [3.63, 3.8) is 0 Å². The third kappa shape index (κ3) is 4.29. The summed E-state index contributed by atoms with van der Waals surface area (Å²) in [5, 5.41) is 9.44. The van der Waals surface area contributed by atoms with Crippen molar-refractivity contribution in [2.24, 2.45) is 0 Å². The van der Waals surface area contributed by atoms with Crippen LogP contribution in [0, 0.1) is 6.92 Å². The molecule has 1 saturated heterocycles. The fourth-order valence-corrected chi connectivity index (χ4v) is 4.88. The predicted octanol–water partition coefficient (Wildman–Crippen LogP) is 4.07. The molecule has 30 heavy (non-hydrogen) atoms. The zero-order valence-corrected chi connectivity index (χ0v) is 18.4. The molecule has 2 amide bonds. The fourth-order valence-electron chi connectivity index (χ4n) is 3.69. The van der Waals surface area contributed by atoms with Crippen molar-refractivity contribution in [2.45, 2.75) is 32.4 Å². The third-order valence-corrected chi connectivity index (χ3v) is 6.74. The van der Waals surface area contributed by atoms with Crippen LogP contribution < -0.4 is 5.32 Å². The van der Waals surface area contributed by atoms with Crippen LogP contribution in [0.2, 0.25) is 5.02 Å². The summed E-state index contributed by atoms with van der Waals surface area (Å²) in [4.78, 5) is 27.7. The number of methoxy groups -OCH3 is 1. The lowest BCUT2D eigenvalue weighted by molar-refractivity contribution is 0.0896. The molecule has 2 aromatic heterocycles. The number of aryl methyl sites for hydroxylation is 1. The highest BCUT2D eigenvalue weighted by Gasteiger charge is 2.25. The Bertz CT molecular complexity index is 1070. The largest absolute Gasteiger partial charge is 0.453 e. The van der Waals surface area contributed by atoms with Crippen LogP contribution in [0.1, 0.15) is 33.8 Å². The molecule has 0 unspecified atom stereocenters. The Morgan fingerprint density at radius 1 is 1.27 bits per heavy atom. The van der Waals surface area contributed by atoms with Crippen molar-refractivity contribution in [1.29, 1.82) is 0 Å². The number of nitrogens with one attached hydrogen (secondary N) is 1. The topological polar surface area (TPSA) is 76.5 Å². The van der Waals surface area contributed by atoms with Gasteiger partial charge in [-0.25, -0.2) is 4.79 Å². The van der Waals surface area contributed by atoms with Gasteiger partial charge in [0, 0.05) is 29.5 Å². The van der Waals surface area contributed by atoms with Gasteiger partial charge in [0.25, 0.3) is 5.91 Å². The standard InChI is InChI=1S/C21H23ClN4O3S/c1-13-17-11-18(19(27)23-16-7-9-25(10-8-16)21(28)29-2)30-20(17)26(24-13)12-14-3-5-15(22)6-4-14/h3-6,11,16H,7-10,12H2,1-2H3,(H,23,27). The zero-order chi connectivity index (χ0) is 21.3. The van der Waals surface area contributed by atoms with E-state index in [4.69, 9.17) is 16.3 Å². The summed E-state index contributed by atoms with van der Waals surface area (Å²) in [7, 11) is 1.38. The Balaban J connectivity index is 1.45. The SMILES string of the molecule is COC(=O)N1CCC(NC(=O)c2cc3c(C)nn(Cc4ccc(Cl)cc4)c3s2)CC1. The van der Waals surface area contributed by atoms with Crippen molar-refractivity contribution < 1.29 is 14.3 Å². The van der Waals surface area contributed by atoms with Gasteiger partial charge in [0.15, 0.2) is 0 Å². The van der Waals surface area contributed by atoms with E-state index in [9.17, 15) is 9.59 Å². The highest BCUT2D eigenvalue weighted by molar-refractivity contribution is 7.20. The molecule has 3 heterocycles. The summed E-state index contributed by atoms with van der Waals surface area (Å²) in [6.07, 6.45) is 1.12. The number of rotatable bonds is 4. The second-order valence-corrected chi connectivity index (χ2v) is 8.87. The first kappa shape index (κ1) is 20.7. The fraction of sp³-hybridized carbons (Fsp3) is 0.381. The molecule has 0 radical (unpaired) electrons. The molecule has 0 spiro atoms. The maximum Gasteiger partial charge on any atom is 0.409 e. The van der Waals surface area contributed by atoms with E-state index in [1.54, 1.807) is 4.90 Å². The second kappa shape index (κ2) is 8.65. The number of ether oxygens (including phenoxy) is 1.